The summed E-state index contributed by atoms with van der Waals surface area (Å²) in [6.07, 6.45) is 0.623. The molecule has 1 fully saturated rings. The van der Waals surface area contributed by atoms with E-state index in [0.717, 1.165) is 34.0 Å². The van der Waals surface area contributed by atoms with E-state index in [1.165, 1.54) is 33.8 Å². The van der Waals surface area contributed by atoms with Crippen LogP contribution in [-0.4, -0.2) is 58.1 Å². The van der Waals surface area contributed by atoms with Crippen molar-refractivity contribution in [3.05, 3.63) is 64.9 Å². The van der Waals surface area contributed by atoms with Crippen LogP contribution in [0.2, 0.25) is 0 Å². The Bertz CT molecular complexity index is 1190. The number of halogens is 1. The van der Waals surface area contributed by atoms with Gasteiger partial charge < -0.3 is 14.4 Å². The van der Waals surface area contributed by atoms with Crippen molar-refractivity contribution < 1.29 is 22.3 Å². The number of hydrogen-bond acceptors (Lipinski definition) is 7. The lowest BCUT2D eigenvalue weighted by Gasteiger charge is -2.33. The minimum atomic E-state index is -3.71. The molecule has 0 unspecified atom stereocenters. The van der Waals surface area contributed by atoms with E-state index in [0.29, 0.717) is 32.6 Å². The maximum atomic E-state index is 13.5. The van der Waals surface area contributed by atoms with Gasteiger partial charge in [0.15, 0.2) is 5.13 Å². The fourth-order valence-electron chi connectivity index (χ4n) is 3.61. The molecule has 0 spiro atoms. The van der Waals surface area contributed by atoms with Crippen molar-refractivity contribution in [3.63, 3.8) is 0 Å². The van der Waals surface area contributed by atoms with Crippen molar-refractivity contribution in [3.8, 4) is 11.5 Å². The van der Waals surface area contributed by atoms with Gasteiger partial charge in [-0.15, -0.1) is 11.3 Å². The average Bonchev–Trinajstić information content (AvgIpc) is 3.28. The Morgan fingerprint density at radius 3 is 2.53 bits per heavy atom. The van der Waals surface area contributed by atoms with Crippen molar-refractivity contribution in [1.82, 2.24) is 9.29 Å². The highest BCUT2D eigenvalue weighted by Crippen LogP contribution is 2.29. The number of rotatable bonds is 7. The van der Waals surface area contributed by atoms with Crippen LogP contribution in [0.1, 0.15) is 11.3 Å². The second kappa shape index (κ2) is 9.43. The van der Waals surface area contributed by atoms with Crippen LogP contribution in [0.5, 0.6) is 11.5 Å². The van der Waals surface area contributed by atoms with E-state index in [2.05, 4.69) is 4.90 Å². The molecule has 2 heterocycles. The van der Waals surface area contributed by atoms with Gasteiger partial charge in [0, 0.05) is 49.6 Å². The zero-order chi connectivity index (χ0) is 22.7. The van der Waals surface area contributed by atoms with Gasteiger partial charge in [-0.25, -0.2) is 17.8 Å². The first-order valence-corrected chi connectivity index (χ1v) is 12.4. The molecule has 2 aromatic carbocycles. The van der Waals surface area contributed by atoms with E-state index in [-0.39, 0.29) is 4.90 Å². The van der Waals surface area contributed by atoms with Crippen LogP contribution in [0, 0.1) is 5.82 Å². The van der Waals surface area contributed by atoms with Crippen molar-refractivity contribution in [2.75, 3.05) is 45.3 Å². The minimum Gasteiger partial charge on any atom is -0.497 e. The van der Waals surface area contributed by atoms with Crippen LogP contribution in [0.3, 0.4) is 0 Å². The number of hydrogen-bond donors (Lipinski definition) is 0. The lowest BCUT2D eigenvalue weighted by molar-refractivity contribution is 0.384. The van der Waals surface area contributed by atoms with Crippen LogP contribution >= 0.6 is 11.3 Å². The maximum absolute atomic E-state index is 13.5. The maximum Gasteiger partial charge on any atom is 0.243 e. The number of ether oxygens (including phenoxy) is 2. The summed E-state index contributed by atoms with van der Waals surface area (Å²) < 4.78 is 51.2. The fraction of sp³-hybridized carbons (Fsp3) is 0.318. The smallest absolute Gasteiger partial charge is 0.243 e. The summed E-state index contributed by atoms with van der Waals surface area (Å²) in [4.78, 5) is 6.81. The van der Waals surface area contributed by atoms with Crippen molar-refractivity contribution in [1.29, 1.82) is 0 Å². The first kappa shape index (κ1) is 22.5. The molecule has 0 aliphatic carbocycles. The summed E-state index contributed by atoms with van der Waals surface area (Å²) in [5.74, 6) is 0.916. The van der Waals surface area contributed by atoms with Gasteiger partial charge in [-0.3, -0.25) is 0 Å². The van der Waals surface area contributed by atoms with Gasteiger partial charge in [0.05, 0.1) is 24.8 Å². The van der Waals surface area contributed by atoms with Crippen molar-refractivity contribution in [2.45, 2.75) is 11.3 Å². The molecular weight excluding hydrogens is 453 g/mol. The predicted molar refractivity (Wildman–Crippen MR) is 122 cm³/mol. The fourth-order valence-corrected chi connectivity index (χ4v) is 5.95. The third kappa shape index (κ3) is 4.72. The van der Waals surface area contributed by atoms with E-state index in [1.54, 1.807) is 14.2 Å². The molecule has 0 amide bonds. The molecule has 0 radical (unpaired) electrons. The molecule has 1 aliphatic heterocycles. The van der Waals surface area contributed by atoms with E-state index >= 15 is 0 Å². The van der Waals surface area contributed by atoms with E-state index in [1.807, 2.05) is 23.6 Å². The number of methoxy groups -OCH3 is 2. The van der Waals surface area contributed by atoms with E-state index < -0.39 is 15.8 Å². The Morgan fingerprint density at radius 2 is 1.84 bits per heavy atom. The molecule has 1 saturated heterocycles. The predicted octanol–water partition coefficient (Wildman–Crippen LogP) is 3.40. The molecule has 170 valence electrons. The summed E-state index contributed by atoms with van der Waals surface area (Å²) in [5.41, 5.74) is 1.93. The molecule has 7 nitrogen and oxygen atoms in total. The zero-order valence-electron chi connectivity index (χ0n) is 17.8. The summed E-state index contributed by atoms with van der Waals surface area (Å²) in [7, 11) is -0.471. The van der Waals surface area contributed by atoms with Crippen molar-refractivity contribution in [2.24, 2.45) is 0 Å². The van der Waals surface area contributed by atoms with Gasteiger partial charge in [0.2, 0.25) is 10.0 Å². The number of nitrogens with zero attached hydrogens (tertiary/aromatic N) is 3. The summed E-state index contributed by atoms with van der Waals surface area (Å²) in [5, 5.41) is 2.87. The Labute approximate surface area is 191 Å². The summed E-state index contributed by atoms with van der Waals surface area (Å²) in [6, 6.07) is 10.8. The molecule has 0 N–H and O–H groups in total. The van der Waals surface area contributed by atoms with Gasteiger partial charge in [-0.2, -0.15) is 4.31 Å². The number of anilines is 1. The normalized spacial score (nSPS) is 15.0. The lowest BCUT2D eigenvalue weighted by Crippen LogP contribution is -2.48. The van der Waals surface area contributed by atoms with Gasteiger partial charge in [0.1, 0.15) is 17.3 Å². The number of benzene rings is 2. The lowest BCUT2D eigenvalue weighted by atomic mass is 10.1. The quantitative estimate of drug-likeness (QED) is 0.520. The average molecular weight is 478 g/mol. The second-order valence-electron chi connectivity index (χ2n) is 7.32. The Kier molecular flexibility index (Phi) is 6.63. The molecule has 10 heteroatoms. The van der Waals surface area contributed by atoms with E-state index in [9.17, 15) is 12.8 Å². The standard InChI is InChI=1S/C22H24FN3O4S2/c1-29-19-7-6-16(21(14-19)30-2)12-18-15-31-22(24-18)25-8-10-26(11-9-25)32(27,28)20-5-3-4-17(23)13-20/h3-7,13-15H,8-12H2,1-2H3. The number of sulfonamides is 1. The highest BCUT2D eigenvalue weighted by atomic mass is 32.2. The number of piperazine rings is 1. The molecule has 0 bridgehead atoms. The van der Waals surface area contributed by atoms with Crippen LogP contribution in [0.15, 0.2) is 52.7 Å². The number of thiazole rings is 1. The highest BCUT2D eigenvalue weighted by Gasteiger charge is 2.29. The Morgan fingerprint density at radius 1 is 1.06 bits per heavy atom. The molecule has 3 aromatic rings. The third-order valence-electron chi connectivity index (χ3n) is 5.35. The summed E-state index contributed by atoms with van der Waals surface area (Å²) in [6.45, 7) is 1.68. The molecule has 32 heavy (non-hydrogen) atoms. The first-order chi connectivity index (χ1) is 15.4. The van der Waals surface area contributed by atoms with Crippen LogP contribution in [0.25, 0.3) is 0 Å². The molecule has 0 saturated carbocycles. The van der Waals surface area contributed by atoms with Gasteiger partial charge >= 0.3 is 0 Å². The van der Waals surface area contributed by atoms with Gasteiger partial charge in [-0.05, 0) is 24.3 Å². The Balaban J connectivity index is 1.41. The zero-order valence-corrected chi connectivity index (χ0v) is 19.5. The molecule has 0 atom stereocenters. The molecule has 1 aliphatic rings. The highest BCUT2D eigenvalue weighted by molar-refractivity contribution is 7.89. The van der Waals surface area contributed by atoms with Crippen LogP contribution in [0.4, 0.5) is 9.52 Å². The molecule has 1 aromatic heterocycles. The topological polar surface area (TPSA) is 72.0 Å². The minimum absolute atomic E-state index is 0.0177. The van der Waals surface area contributed by atoms with Crippen molar-refractivity contribution >= 4 is 26.5 Å². The summed E-state index contributed by atoms with van der Waals surface area (Å²) >= 11 is 1.54. The van der Waals surface area contributed by atoms with Gasteiger partial charge in [-0.1, -0.05) is 12.1 Å². The van der Waals surface area contributed by atoms with Gasteiger partial charge in [0.25, 0.3) is 0 Å². The molecule has 4 rings (SSSR count). The van der Waals surface area contributed by atoms with Crippen LogP contribution < -0.4 is 14.4 Å². The molecular formula is C22H24FN3O4S2. The Hall–Kier alpha value is -2.69. The first-order valence-electron chi connectivity index (χ1n) is 10.1. The second-order valence-corrected chi connectivity index (χ2v) is 10.1. The number of aromatic nitrogens is 1. The van der Waals surface area contributed by atoms with Crippen LogP contribution in [-0.2, 0) is 16.4 Å². The third-order valence-corrected chi connectivity index (χ3v) is 8.19. The van der Waals surface area contributed by atoms with E-state index in [4.69, 9.17) is 14.5 Å². The monoisotopic (exact) mass is 477 g/mol. The SMILES string of the molecule is COc1ccc(Cc2csc(N3CCN(S(=O)(=O)c4cccc(F)c4)CC3)n2)c(OC)c1. The largest absolute Gasteiger partial charge is 0.497 e.